The Bertz CT molecular complexity index is 1160. The molecule has 170 valence electrons. The highest BCUT2D eigenvalue weighted by Gasteiger charge is 2.58. The summed E-state index contributed by atoms with van der Waals surface area (Å²) < 4.78 is 36.3. The molecule has 4 N–H and O–H groups in total. The van der Waals surface area contributed by atoms with Crippen LogP contribution in [0.1, 0.15) is 11.3 Å². The number of carbonyl (C=O) groups is 3. The highest BCUT2D eigenvalue weighted by atomic mass is 32.2. The van der Waals surface area contributed by atoms with Crippen molar-refractivity contribution in [2.24, 2.45) is 5.16 Å². The van der Waals surface area contributed by atoms with Crippen LogP contribution in [0, 0.1) is 0 Å². The van der Waals surface area contributed by atoms with Crippen LogP contribution in [-0.2, 0) is 40.9 Å². The van der Waals surface area contributed by atoms with Gasteiger partial charge in [0.1, 0.15) is 18.3 Å². The standard InChI is InChI=1S/C17H17N5O8S2/c1-29-16(25)13-12(15(24)22(13)32(26,27)28)20-14(23)11(10-8-31-17(18)19-10)21-30-7-9-5-3-2-4-6-9/h2-6,8,12-13H,7H2,1H3,(H2,18,19)(H,20,23)(H,26,27,28)/b21-11-. The number of benzene rings is 1. The summed E-state index contributed by atoms with van der Waals surface area (Å²) in [5, 5.41) is 7.53. The number of esters is 1. The van der Waals surface area contributed by atoms with Gasteiger partial charge in [-0.3, -0.25) is 14.1 Å². The first-order valence-corrected chi connectivity index (χ1v) is 11.1. The van der Waals surface area contributed by atoms with E-state index in [0.29, 0.717) is 0 Å². The SMILES string of the molecule is COC(=O)C1C(NC(=O)/C(=N\OCc2ccccc2)c2csc(N)n2)C(=O)N1S(=O)(=O)O. The zero-order chi connectivity index (χ0) is 23.5. The molecule has 2 amide bonds. The number of nitrogen functional groups attached to an aromatic ring is 1. The molecule has 0 saturated carbocycles. The van der Waals surface area contributed by atoms with Gasteiger partial charge in [0.05, 0.1) is 7.11 Å². The van der Waals surface area contributed by atoms with E-state index in [2.05, 4.69) is 20.2 Å². The summed E-state index contributed by atoms with van der Waals surface area (Å²) in [6, 6.07) is 5.50. The number of anilines is 1. The summed E-state index contributed by atoms with van der Waals surface area (Å²) in [4.78, 5) is 46.1. The number of oxime groups is 1. The number of hydrogen-bond donors (Lipinski definition) is 3. The lowest BCUT2D eigenvalue weighted by Gasteiger charge is -2.41. The lowest BCUT2D eigenvalue weighted by atomic mass is 9.98. The number of thiazole rings is 1. The summed E-state index contributed by atoms with van der Waals surface area (Å²) in [6.07, 6.45) is 0. The molecule has 0 radical (unpaired) electrons. The average Bonchev–Trinajstić information content (AvgIpc) is 3.17. The number of nitrogens with two attached hydrogens (primary N) is 1. The molecule has 1 aromatic heterocycles. The fourth-order valence-corrected chi connectivity index (χ4v) is 4.15. The zero-order valence-electron chi connectivity index (χ0n) is 16.4. The number of amides is 2. The molecule has 13 nitrogen and oxygen atoms in total. The van der Waals surface area contributed by atoms with E-state index in [1.165, 1.54) is 5.38 Å². The summed E-state index contributed by atoms with van der Waals surface area (Å²) in [5.41, 5.74) is 6.04. The smallest absolute Gasteiger partial charge is 0.363 e. The van der Waals surface area contributed by atoms with Gasteiger partial charge in [0.25, 0.3) is 11.8 Å². The van der Waals surface area contributed by atoms with Gasteiger partial charge in [-0.1, -0.05) is 35.5 Å². The Hall–Kier alpha value is -3.56. The van der Waals surface area contributed by atoms with Gasteiger partial charge in [-0.15, -0.1) is 11.3 Å². The number of rotatable bonds is 8. The number of ether oxygens (including phenoxy) is 1. The molecule has 1 saturated heterocycles. The summed E-state index contributed by atoms with van der Waals surface area (Å²) in [6.45, 7) is 0.0148. The molecule has 1 aliphatic rings. The minimum atomic E-state index is -5.05. The lowest BCUT2D eigenvalue weighted by molar-refractivity contribution is -0.162. The molecule has 3 rings (SSSR count). The molecule has 1 aromatic carbocycles. The van der Waals surface area contributed by atoms with E-state index in [1.807, 2.05) is 6.07 Å². The Morgan fingerprint density at radius 3 is 2.59 bits per heavy atom. The molecule has 2 heterocycles. The summed E-state index contributed by atoms with van der Waals surface area (Å²) in [7, 11) is -4.10. The molecule has 1 fully saturated rings. The van der Waals surface area contributed by atoms with Crippen LogP contribution in [0.3, 0.4) is 0 Å². The Labute approximate surface area is 185 Å². The van der Waals surface area contributed by atoms with Gasteiger partial charge in [-0.25, -0.2) is 9.78 Å². The molecule has 2 atom stereocenters. The molecule has 2 aromatic rings. The molecule has 0 aliphatic carbocycles. The van der Waals surface area contributed by atoms with E-state index in [1.54, 1.807) is 24.3 Å². The normalized spacial score (nSPS) is 18.6. The number of carbonyl (C=O) groups excluding carboxylic acids is 3. The van der Waals surface area contributed by atoms with Crippen LogP contribution in [0.2, 0.25) is 0 Å². The van der Waals surface area contributed by atoms with Crippen molar-refractivity contribution in [1.82, 2.24) is 14.6 Å². The summed E-state index contributed by atoms with van der Waals surface area (Å²) in [5.74, 6) is -3.39. The first-order valence-electron chi connectivity index (χ1n) is 8.78. The monoisotopic (exact) mass is 483 g/mol. The minimum Gasteiger partial charge on any atom is -0.467 e. The second kappa shape index (κ2) is 9.29. The van der Waals surface area contributed by atoms with E-state index in [-0.39, 0.29) is 27.4 Å². The van der Waals surface area contributed by atoms with Gasteiger partial charge >= 0.3 is 16.3 Å². The van der Waals surface area contributed by atoms with Crippen LogP contribution in [0.4, 0.5) is 5.13 Å². The van der Waals surface area contributed by atoms with E-state index < -0.39 is 40.2 Å². The molecule has 0 bridgehead atoms. The fraction of sp³-hybridized carbons (Fsp3) is 0.235. The Balaban J connectivity index is 1.82. The van der Waals surface area contributed by atoms with Gasteiger partial charge in [0.15, 0.2) is 16.9 Å². The van der Waals surface area contributed by atoms with Crippen LogP contribution in [0.5, 0.6) is 0 Å². The van der Waals surface area contributed by atoms with E-state index in [4.69, 9.17) is 10.6 Å². The van der Waals surface area contributed by atoms with Crippen molar-refractivity contribution in [2.75, 3.05) is 12.8 Å². The first-order chi connectivity index (χ1) is 15.1. The lowest BCUT2D eigenvalue weighted by Crippen LogP contribution is -2.74. The molecular weight excluding hydrogens is 466 g/mol. The third-order valence-electron chi connectivity index (χ3n) is 4.24. The van der Waals surface area contributed by atoms with Crippen molar-refractivity contribution < 1.29 is 36.9 Å². The molecule has 15 heteroatoms. The Kier molecular flexibility index (Phi) is 6.71. The van der Waals surface area contributed by atoms with Crippen molar-refractivity contribution in [3.05, 3.63) is 47.0 Å². The number of hydrogen-bond acceptors (Lipinski definition) is 11. The number of aromatic nitrogens is 1. The second-order valence-electron chi connectivity index (χ2n) is 6.30. The quantitative estimate of drug-likeness (QED) is 0.142. The van der Waals surface area contributed by atoms with Crippen LogP contribution in [0.25, 0.3) is 0 Å². The largest absolute Gasteiger partial charge is 0.467 e. The van der Waals surface area contributed by atoms with Crippen LogP contribution < -0.4 is 11.1 Å². The topological polar surface area (TPSA) is 191 Å². The number of β-lactam (4-membered cyclic amide) rings is 1. The highest BCUT2D eigenvalue weighted by Crippen LogP contribution is 2.25. The van der Waals surface area contributed by atoms with Gasteiger partial charge in [0.2, 0.25) is 0 Å². The van der Waals surface area contributed by atoms with Crippen molar-refractivity contribution in [3.63, 3.8) is 0 Å². The fourth-order valence-electron chi connectivity index (χ4n) is 2.77. The van der Waals surface area contributed by atoms with Gasteiger partial charge in [0, 0.05) is 5.38 Å². The predicted octanol–water partition coefficient (Wildman–Crippen LogP) is -0.682. The third kappa shape index (κ3) is 4.84. The average molecular weight is 483 g/mol. The number of nitrogens with zero attached hydrogens (tertiary/aromatic N) is 3. The Morgan fingerprint density at radius 2 is 2.03 bits per heavy atom. The predicted molar refractivity (Wildman–Crippen MR) is 110 cm³/mol. The molecule has 1 aliphatic heterocycles. The number of nitrogens with one attached hydrogen (secondary N) is 1. The van der Waals surface area contributed by atoms with Crippen molar-refractivity contribution in [3.8, 4) is 0 Å². The van der Waals surface area contributed by atoms with Gasteiger partial charge in [-0.2, -0.15) is 12.7 Å². The van der Waals surface area contributed by atoms with Crippen LogP contribution in [0.15, 0.2) is 40.9 Å². The van der Waals surface area contributed by atoms with Gasteiger partial charge in [-0.05, 0) is 5.56 Å². The van der Waals surface area contributed by atoms with Crippen LogP contribution >= 0.6 is 11.3 Å². The molecular formula is C17H17N5O8S2. The first kappa shape index (κ1) is 23.1. The van der Waals surface area contributed by atoms with Crippen LogP contribution in [-0.4, -0.2) is 64.9 Å². The maximum Gasteiger partial charge on any atom is 0.363 e. The van der Waals surface area contributed by atoms with E-state index in [9.17, 15) is 27.4 Å². The highest BCUT2D eigenvalue weighted by molar-refractivity contribution is 7.84. The number of methoxy groups -OCH3 is 1. The maximum atomic E-state index is 12.8. The molecule has 2 unspecified atom stereocenters. The van der Waals surface area contributed by atoms with Crippen molar-refractivity contribution in [2.45, 2.75) is 18.7 Å². The zero-order valence-corrected chi connectivity index (χ0v) is 18.0. The summed E-state index contributed by atoms with van der Waals surface area (Å²) >= 11 is 1.02. The van der Waals surface area contributed by atoms with E-state index in [0.717, 1.165) is 24.0 Å². The van der Waals surface area contributed by atoms with Crippen molar-refractivity contribution in [1.29, 1.82) is 0 Å². The van der Waals surface area contributed by atoms with Gasteiger partial charge < -0.3 is 20.6 Å². The van der Waals surface area contributed by atoms with Crippen molar-refractivity contribution >= 4 is 50.3 Å². The van der Waals surface area contributed by atoms with E-state index >= 15 is 0 Å². The Morgan fingerprint density at radius 1 is 1.34 bits per heavy atom. The second-order valence-corrected chi connectivity index (χ2v) is 8.48. The molecule has 32 heavy (non-hydrogen) atoms. The maximum absolute atomic E-state index is 12.8. The minimum absolute atomic E-state index is 0.0148. The third-order valence-corrected chi connectivity index (χ3v) is 5.82. The molecule has 0 spiro atoms.